The van der Waals surface area contributed by atoms with E-state index >= 15 is 0 Å². The molecule has 1 fully saturated rings. The minimum Gasteiger partial charge on any atom is -0.481 e. The van der Waals surface area contributed by atoms with Gasteiger partial charge in [0.25, 0.3) is 5.91 Å². The van der Waals surface area contributed by atoms with E-state index in [1.807, 2.05) is 25.3 Å². The number of carboxylic acids is 1. The zero-order valence-corrected chi connectivity index (χ0v) is 12.8. The Balaban J connectivity index is 2.17. The number of carbonyl (C=O) groups is 2. The normalized spacial score (nSPS) is 22.8. The van der Waals surface area contributed by atoms with Crippen molar-refractivity contribution in [2.75, 3.05) is 13.1 Å². The number of thiophene rings is 1. The predicted molar refractivity (Wildman–Crippen MR) is 79.2 cm³/mol. The highest BCUT2D eigenvalue weighted by Gasteiger charge is 2.42. The number of hydrogen-bond donors (Lipinski definition) is 1. The lowest BCUT2D eigenvalue weighted by Gasteiger charge is -2.39. The van der Waals surface area contributed by atoms with Gasteiger partial charge in [-0.25, -0.2) is 0 Å². The van der Waals surface area contributed by atoms with E-state index in [1.54, 1.807) is 16.2 Å². The number of carbonyl (C=O) groups excluding carboxylic acids is 1. The van der Waals surface area contributed by atoms with Gasteiger partial charge in [-0.1, -0.05) is 13.3 Å². The molecule has 0 spiro atoms. The van der Waals surface area contributed by atoms with Gasteiger partial charge in [-0.3, -0.25) is 9.59 Å². The van der Waals surface area contributed by atoms with E-state index in [4.69, 9.17) is 0 Å². The van der Waals surface area contributed by atoms with Crippen molar-refractivity contribution in [3.63, 3.8) is 0 Å². The molecule has 0 aromatic carbocycles. The van der Waals surface area contributed by atoms with Gasteiger partial charge in [0.05, 0.1) is 11.0 Å². The number of likely N-dealkylation sites (tertiary alicyclic amines) is 1. The van der Waals surface area contributed by atoms with Crippen LogP contribution in [0.2, 0.25) is 0 Å². The van der Waals surface area contributed by atoms with E-state index in [1.165, 1.54) is 0 Å². The van der Waals surface area contributed by atoms with Crippen LogP contribution >= 0.6 is 11.3 Å². The molecule has 20 heavy (non-hydrogen) atoms. The molecule has 0 unspecified atom stereocenters. The Morgan fingerprint density at radius 3 is 2.80 bits per heavy atom. The third-order valence-electron chi connectivity index (χ3n) is 4.02. The third-order valence-corrected chi connectivity index (χ3v) is 4.89. The first-order valence-electron chi connectivity index (χ1n) is 7.06. The lowest BCUT2D eigenvalue weighted by molar-refractivity contribution is -0.152. The Labute approximate surface area is 123 Å². The van der Waals surface area contributed by atoms with Crippen molar-refractivity contribution in [2.24, 2.45) is 5.41 Å². The van der Waals surface area contributed by atoms with Crippen LogP contribution in [-0.4, -0.2) is 35.0 Å². The first kappa shape index (κ1) is 15.0. The number of carboxylic acid groups (broad SMARTS) is 1. The van der Waals surface area contributed by atoms with Gasteiger partial charge in [0.2, 0.25) is 0 Å². The molecule has 1 aromatic rings. The van der Waals surface area contributed by atoms with E-state index in [9.17, 15) is 14.7 Å². The Morgan fingerprint density at radius 2 is 2.25 bits per heavy atom. The van der Waals surface area contributed by atoms with Crippen molar-refractivity contribution < 1.29 is 14.7 Å². The SMILES string of the molecule is CCC[C@]1(C(=O)O)CCCN(C(=O)c2csc(C)c2)C1. The van der Waals surface area contributed by atoms with Crippen molar-refractivity contribution in [3.8, 4) is 0 Å². The molecule has 4 nitrogen and oxygen atoms in total. The molecule has 1 aliphatic rings. The van der Waals surface area contributed by atoms with Gasteiger partial charge in [-0.15, -0.1) is 11.3 Å². The van der Waals surface area contributed by atoms with E-state index in [-0.39, 0.29) is 5.91 Å². The second kappa shape index (κ2) is 5.95. The van der Waals surface area contributed by atoms with Crippen molar-refractivity contribution in [2.45, 2.75) is 39.5 Å². The fourth-order valence-corrected chi connectivity index (χ4v) is 3.68. The first-order chi connectivity index (χ1) is 9.48. The maximum absolute atomic E-state index is 12.5. The number of amides is 1. The summed E-state index contributed by atoms with van der Waals surface area (Å²) < 4.78 is 0. The molecule has 1 amide bonds. The zero-order valence-electron chi connectivity index (χ0n) is 12.0. The van der Waals surface area contributed by atoms with Gasteiger partial charge in [0.1, 0.15) is 0 Å². The fourth-order valence-electron chi connectivity index (χ4n) is 3.01. The smallest absolute Gasteiger partial charge is 0.311 e. The molecule has 1 N–H and O–H groups in total. The highest BCUT2D eigenvalue weighted by Crippen LogP contribution is 2.35. The van der Waals surface area contributed by atoms with E-state index in [0.717, 1.165) is 17.7 Å². The molecule has 0 bridgehead atoms. The minimum atomic E-state index is -0.765. The largest absolute Gasteiger partial charge is 0.481 e. The van der Waals surface area contributed by atoms with Crippen LogP contribution in [0.1, 0.15) is 47.8 Å². The molecule has 2 rings (SSSR count). The number of nitrogens with zero attached hydrogens (tertiary/aromatic N) is 1. The standard InChI is InChI=1S/C15H21NO3S/c1-3-5-15(14(18)19)6-4-7-16(10-15)13(17)12-8-11(2)20-9-12/h8-9H,3-7,10H2,1-2H3,(H,18,19)/t15-/m0/s1. The summed E-state index contributed by atoms with van der Waals surface area (Å²) >= 11 is 1.55. The molecule has 2 heterocycles. The molecule has 0 saturated carbocycles. The molecule has 1 aliphatic heterocycles. The average Bonchev–Trinajstić information content (AvgIpc) is 2.85. The van der Waals surface area contributed by atoms with Gasteiger partial charge in [0.15, 0.2) is 0 Å². The molecule has 1 aromatic heterocycles. The predicted octanol–water partition coefficient (Wildman–Crippen LogP) is 3.16. The number of aryl methyl sites for hydroxylation is 1. The highest BCUT2D eigenvalue weighted by molar-refractivity contribution is 7.10. The number of rotatable bonds is 4. The Hall–Kier alpha value is -1.36. The second-order valence-electron chi connectivity index (χ2n) is 5.61. The molecule has 0 radical (unpaired) electrons. The van der Waals surface area contributed by atoms with Crippen molar-refractivity contribution in [1.29, 1.82) is 0 Å². The Bertz CT molecular complexity index is 507. The topological polar surface area (TPSA) is 57.6 Å². The van der Waals surface area contributed by atoms with E-state index in [0.29, 0.717) is 31.5 Å². The number of hydrogen-bond acceptors (Lipinski definition) is 3. The lowest BCUT2D eigenvalue weighted by atomic mass is 9.76. The molecule has 1 atom stereocenters. The Morgan fingerprint density at radius 1 is 1.50 bits per heavy atom. The van der Waals surface area contributed by atoms with Crippen LogP contribution in [0.15, 0.2) is 11.4 Å². The summed E-state index contributed by atoms with van der Waals surface area (Å²) in [4.78, 5) is 26.9. The molecule has 1 saturated heterocycles. The van der Waals surface area contributed by atoms with Crippen LogP contribution in [0.5, 0.6) is 0 Å². The van der Waals surface area contributed by atoms with Crippen LogP contribution in [0.3, 0.4) is 0 Å². The van der Waals surface area contributed by atoms with E-state index in [2.05, 4.69) is 0 Å². The molecule has 110 valence electrons. The third kappa shape index (κ3) is 2.87. The minimum absolute atomic E-state index is 0.0317. The van der Waals surface area contributed by atoms with Gasteiger partial charge >= 0.3 is 5.97 Å². The number of piperidine rings is 1. The molecule has 5 heteroatoms. The summed E-state index contributed by atoms with van der Waals surface area (Å²) in [6.07, 6.45) is 2.89. The zero-order chi connectivity index (χ0) is 14.8. The van der Waals surface area contributed by atoms with Gasteiger partial charge in [0, 0.05) is 23.3 Å². The van der Waals surface area contributed by atoms with Gasteiger partial charge in [-0.05, 0) is 32.3 Å². The lowest BCUT2D eigenvalue weighted by Crippen LogP contribution is -2.49. The molecule has 0 aliphatic carbocycles. The monoisotopic (exact) mass is 295 g/mol. The van der Waals surface area contributed by atoms with Crippen LogP contribution < -0.4 is 0 Å². The summed E-state index contributed by atoms with van der Waals surface area (Å²) in [5.74, 6) is -0.797. The van der Waals surface area contributed by atoms with Crippen LogP contribution in [0.25, 0.3) is 0 Å². The summed E-state index contributed by atoms with van der Waals surface area (Å²) in [6, 6.07) is 1.88. The van der Waals surface area contributed by atoms with Crippen LogP contribution in [0, 0.1) is 12.3 Å². The fraction of sp³-hybridized carbons (Fsp3) is 0.600. The summed E-state index contributed by atoms with van der Waals surface area (Å²) in [6.45, 7) is 4.96. The van der Waals surface area contributed by atoms with E-state index < -0.39 is 11.4 Å². The van der Waals surface area contributed by atoms with Gasteiger partial charge in [-0.2, -0.15) is 0 Å². The second-order valence-corrected chi connectivity index (χ2v) is 6.73. The van der Waals surface area contributed by atoms with Crippen molar-refractivity contribution in [3.05, 3.63) is 21.9 Å². The Kier molecular flexibility index (Phi) is 4.48. The van der Waals surface area contributed by atoms with Gasteiger partial charge < -0.3 is 10.0 Å². The average molecular weight is 295 g/mol. The number of aliphatic carboxylic acids is 1. The summed E-state index contributed by atoms with van der Waals surface area (Å²) in [5.41, 5.74) is -0.0709. The maximum Gasteiger partial charge on any atom is 0.311 e. The van der Waals surface area contributed by atoms with Crippen LogP contribution in [0.4, 0.5) is 0 Å². The molecular formula is C15H21NO3S. The molecular weight excluding hydrogens is 274 g/mol. The van der Waals surface area contributed by atoms with Crippen LogP contribution in [-0.2, 0) is 4.79 Å². The quantitative estimate of drug-likeness (QED) is 0.928. The summed E-state index contributed by atoms with van der Waals surface area (Å²) in [7, 11) is 0. The summed E-state index contributed by atoms with van der Waals surface area (Å²) in [5, 5.41) is 11.4. The van der Waals surface area contributed by atoms with Crippen molar-refractivity contribution >= 4 is 23.2 Å². The van der Waals surface area contributed by atoms with Crippen molar-refractivity contribution in [1.82, 2.24) is 4.90 Å². The highest BCUT2D eigenvalue weighted by atomic mass is 32.1. The maximum atomic E-state index is 12.5. The first-order valence-corrected chi connectivity index (χ1v) is 7.94.